The first kappa shape index (κ1) is 16.7. The van der Waals surface area contributed by atoms with Gasteiger partial charge in [0.15, 0.2) is 0 Å². The lowest BCUT2D eigenvalue weighted by atomic mass is 9.90. The molecular formula is C20H27N3O. The summed E-state index contributed by atoms with van der Waals surface area (Å²) in [4.78, 5) is 14.5. The monoisotopic (exact) mass is 325 g/mol. The number of aromatic nitrogens is 2. The molecule has 0 aliphatic carbocycles. The van der Waals surface area contributed by atoms with Crippen LogP contribution in [0.1, 0.15) is 36.1 Å². The van der Waals surface area contributed by atoms with Crippen molar-refractivity contribution in [3.63, 3.8) is 0 Å². The largest absolute Gasteiger partial charge is 0.341 e. The molecule has 2 heterocycles. The Morgan fingerprint density at radius 1 is 1.25 bits per heavy atom. The van der Waals surface area contributed by atoms with Crippen molar-refractivity contribution < 1.29 is 4.79 Å². The van der Waals surface area contributed by atoms with Crippen LogP contribution in [0.15, 0.2) is 36.5 Å². The van der Waals surface area contributed by atoms with Gasteiger partial charge in [-0.25, -0.2) is 0 Å². The van der Waals surface area contributed by atoms with Gasteiger partial charge in [0.25, 0.3) is 0 Å². The first-order chi connectivity index (χ1) is 11.6. The Kier molecular flexibility index (Phi) is 5.34. The Bertz CT molecular complexity index is 692. The fourth-order valence-corrected chi connectivity index (χ4v) is 3.57. The minimum atomic E-state index is 0.193. The summed E-state index contributed by atoms with van der Waals surface area (Å²) in [6, 6.07) is 10.6. The van der Waals surface area contributed by atoms with Gasteiger partial charge in [-0.3, -0.25) is 9.48 Å². The van der Waals surface area contributed by atoms with E-state index in [2.05, 4.69) is 36.3 Å². The van der Waals surface area contributed by atoms with Crippen LogP contribution >= 0.6 is 0 Å². The molecule has 4 nitrogen and oxygen atoms in total. The number of piperidine rings is 1. The molecule has 128 valence electrons. The fraction of sp³-hybridized carbons (Fsp3) is 0.500. The number of likely N-dealkylation sites (tertiary alicyclic amines) is 1. The second kappa shape index (κ2) is 7.65. The van der Waals surface area contributed by atoms with Gasteiger partial charge in [-0.2, -0.15) is 5.10 Å². The van der Waals surface area contributed by atoms with Gasteiger partial charge in [0, 0.05) is 19.3 Å². The zero-order valence-electron chi connectivity index (χ0n) is 14.7. The Labute approximate surface area is 144 Å². The molecule has 0 radical (unpaired) electrons. The number of aryl methyl sites for hydroxylation is 3. The Balaban J connectivity index is 1.52. The molecule has 1 saturated heterocycles. The van der Waals surface area contributed by atoms with Crippen LogP contribution in [0.3, 0.4) is 0 Å². The van der Waals surface area contributed by atoms with Crippen LogP contribution in [-0.4, -0.2) is 33.7 Å². The number of amides is 1. The number of benzene rings is 1. The van der Waals surface area contributed by atoms with E-state index in [0.29, 0.717) is 12.5 Å². The topological polar surface area (TPSA) is 38.1 Å². The molecule has 1 aromatic carbocycles. The highest BCUT2D eigenvalue weighted by Gasteiger charge is 2.23. The molecule has 1 aliphatic heterocycles. The average molecular weight is 325 g/mol. The predicted octanol–water partition coefficient (Wildman–Crippen LogP) is 3.37. The molecule has 0 N–H and O–H groups in total. The average Bonchev–Trinajstić information content (AvgIpc) is 2.99. The van der Waals surface area contributed by atoms with Crippen LogP contribution in [0.4, 0.5) is 0 Å². The molecule has 0 saturated carbocycles. The molecular weight excluding hydrogens is 298 g/mol. The fourth-order valence-electron chi connectivity index (χ4n) is 3.57. The van der Waals surface area contributed by atoms with E-state index in [9.17, 15) is 4.79 Å². The van der Waals surface area contributed by atoms with E-state index < -0.39 is 0 Å². The highest BCUT2D eigenvalue weighted by Crippen LogP contribution is 2.22. The smallest absolute Gasteiger partial charge is 0.244 e. The number of nitrogens with zero attached hydrogens (tertiary/aromatic N) is 3. The normalized spacial score (nSPS) is 17.9. The molecule has 4 heteroatoms. The highest BCUT2D eigenvalue weighted by atomic mass is 16.2. The van der Waals surface area contributed by atoms with Gasteiger partial charge in [0.2, 0.25) is 5.91 Å². The molecule has 1 atom stereocenters. The maximum Gasteiger partial charge on any atom is 0.244 e. The molecule has 2 aromatic rings. The van der Waals surface area contributed by atoms with Gasteiger partial charge in [0.05, 0.1) is 5.69 Å². The SMILES string of the molecule is Cc1ccn(CC(=O)N2CCCC(CCc3ccccc3C)C2)n1. The van der Waals surface area contributed by atoms with Crippen LogP contribution in [0.5, 0.6) is 0 Å². The highest BCUT2D eigenvalue weighted by molar-refractivity contribution is 5.76. The molecule has 0 bridgehead atoms. The van der Waals surface area contributed by atoms with Gasteiger partial charge in [-0.05, 0) is 62.6 Å². The van der Waals surface area contributed by atoms with Crippen molar-refractivity contribution in [1.29, 1.82) is 0 Å². The summed E-state index contributed by atoms with van der Waals surface area (Å²) in [7, 11) is 0. The van der Waals surface area contributed by atoms with Gasteiger partial charge in [-0.15, -0.1) is 0 Å². The van der Waals surface area contributed by atoms with Crippen molar-refractivity contribution in [2.45, 2.75) is 46.1 Å². The van der Waals surface area contributed by atoms with Crippen LogP contribution < -0.4 is 0 Å². The third-order valence-electron chi connectivity index (χ3n) is 5.03. The van der Waals surface area contributed by atoms with Gasteiger partial charge >= 0.3 is 0 Å². The molecule has 1 aromatic heterocycles. The number of carbonyl (C=O) groups is 1. The summed E-state index contributed by atoms with van der Waals surface area (Å²) >= 11 is 0. The molecule has 1 fully saturated rings. The number of rotatable bonds is 5. The summed E-state index contributed by atoms with van der Waals surface area (Å²) in [5, 5.41) is 4.32. The minimum absolute atomic E-state index is 0.193. The van der Waals surface area contributed by atoms with Crippen molar-refractivity contribution in [1.82, 2.24) is 14.7 Å². The first-order valence-corrected chi connectivity index (χ1v) is 8.94. The lowest BCUT2D eigenvalue weighted by Crippen LogP contribution is -2.41. The molecule has 0 spiro atoms. The third kappa shape index (κ3) is 4.25. The van der Waals surface area contributed by atoms with Crippen molar-refractivity contribution in [3.05, 3.63) is 53.3 Å². The van der Waals surface area contributed by atoms with Gasteiger partial charge in [-0.1, -0.05) is 24.3 Å². The molecule has 1 amide bonds. The van der Waals surface area contributed by atoms with Crippen LogP contribution in [0, 0.1) is 19.8 Å². The Hall–Kier alpha value is -2.10. The zero-order chi connectivity index (χ0) is 16.9. The second-order valence-corrected chi connectivity index (χ2v) is 6.97. The van der Waals surface area contributed by atoms with E-state index in [0.717, 1.165) is 38.0 Å². The van der Waals surface area contributed by atoms with Crippen molar-refractivity contribution in [2.24, 2.45) is 5.92 Å². The van der Waals surface area contributed by atoms with Crippen molar-refractivity contribution >= 4 is 5.91 Å². The predicted molar refractivity (Wildman–Crippen MR) is 95.8 cm³/mol. The zero-order valence-corrected chi connectivity index (χ0v) is 14.7. The summed E-state index contributed by atoms with van der Waals surface area (Å²) in [6.45, 7) is 6.27. The maximum atomic E-state index is 12.5. The van der Waals surface area contributed by atoms with Crippen LogP contribution in [0.25, 0.3) is 0 Å². The van der Waals surface area contributed by atoms with Crippen molar-refractivity contribution in [2.75, 3.05) is 13.1 Å². The van der Waals surface area contributed by atoms with Gasteiger partial charge < -0.3 is 4.90 Å². The second-order valence-electron chi connectivity index (χ2n) is 6.97. The van der Waals surface area contributed by atoms with E-state index in [-0.39, 0.29) is 5.91 Å². The number of hydrogen-bond donors (Lipinski definition) is 0. The minimum Gasteiger partial charge on any atom is -0.341 e. The van der Waals surface area contributed by atoms with Crippen LogP contribution in [-0.2, 0) is 17.8 Å². The molecule has 24 heavy (non-hydrogen) atoms. The quantitative estimate of drug-likeness (QED) is 0.845. The van der Waals surface area contributed by atoms with E-state index in [1.165, 1.54) is 17.5 Å². The summed E-state index contributed by atoms with van der Waals surface area (Å²) < 4.78 is 1.74. The van der Waals surface area contributed by atoms with Gasteiger partial charge in [0.1, 0.15) is 6.54 Å². The standard InChI is InChI=1S/C20H27N3O/c1-16-6-3-4-8-19(16)10-9-18-7-5-12-22(14-18)20(24)15-23-13-11-17(2)21-23/h3-4,6,8,11,13,18H,5,7,9-10,12,14-15H2,1-2H3. The first-order valence-electron chi connectivity index (χ1n) is 8.94. The molecule has 1 unspecified atom stereocenters. The summed E-state index contributed by atoms with van der Waals surface area (Å²) in [5.74, 6) is 0.806. The number of hydrogen-bond acceptors (Lipinski definition) is 2. The van der Waals surface area contributed by atoms with Crippen molar-refractivity contribution in [3.8, 4) is 0 Å². The number of carbonyl (C=O) groups excluding carboxylic acids is 1. The van der Waals surface area contributed by atoms with E-state index in [1.807, 2.05) is 24.1 Å². The van der Waals surface area contributed by atoms with E-state index in [4.69, 9.17) is 0 Å². The van der Waals surface area contributed by atoms with Crippen LogP contribution in [0.2, 0.25) is 0 Å². The molecule has 3 rings (SSSR count). The lowest BCUT2D eigenvalue weighted by molar-refractivity contribution is -0.133. The summed E-state index contributed by atoms with van der Waals surface area (Å²) in [6.07, 6.45) is 6.50. The Morgan fingerprint density at radius 3 is 2.83 bits per heavy atom. The van der Waals surface area contributed by atoms with E-state index >= 15 is 0 Å². The Morgan fingerprint density at radius 2 is 2.08 bits per heavy atom. The summed E-state index contributed by atoms with van der Waals surface area (Å²) in [5.41, 5.74) is 3.76. The maximum absolute atomic E-state index is 12.5. The van der Waals surface area contributed by atoms with E-state index in [1.54, 1.807) is 4.68 Å². The lowest BCUT2D eigenvalue weighted by Gasteiger charge is -2.33. The third-order valence-corrected chi connectivity index (χ3v) is 5.03. The molecule has 1 aliphatic rings.